The zero-order valence-electron chi connectivity index (χ0n) is 11.3. The number of nitrogens with one attached hydrogen (secondary N) is 1. The Morgan fingerprint density at radius 2 is 2.10 bits per heavy atom. The number of hydrogen-bond acceptors (Lipinski definition) is 5. The van der Waals surface area contributed by atoms with Gasteiger partial charge in [0.25, 0.3) is 0 Å². The minimum atomic E-state index is 0.264. The van der Waals surface area contributed by atoms with Crippen molar-refractivity contribution in [3.8, 4) is 6.07 Å². The minimum Gasteiger partial charge on any atom is -0.322 e. The Bertz CT molecular complexity index is 814. The van der Waals surface area contributed by atoms with E-state index < -0.39 is 0 Å². The highest BCUT2D eigenvalue weighted by atomic mass is 15.3. The molecule has 1 aromatic carbocycles. The van der Waals surface area contributed by atoms with E-state index in [-0.39, 0.29) is 6.42 Å². The van der Waals surface area contributed by atoms with Crippen LogP contribution in [-0.4, -0.2) is 14.5 Å². The number of aromatic nitrogens is 3. The topological polar surface area (TPSA) is 92.5 Å². The Kier molecular flexibility index (Phi) is 3.50. The van der Waals surface area contributed by atoms with Crippen LogP contribution in [0, 0.1) is 11.3 Å². The fraction of sp³-hybridized carbons (Fsp3) is 0.133. The van der Waals surface area contributed by atoms with Crippen molar-refractivity contribution in [2.75, 3.05) is 5.43 Å². The first kappa shape index (κ1) is 13.1. The van der Waals surface area contributed by atoms with Gasteiger partial charge in [-0.15, -0.1) is 0 Å². The number of benzene rings is 1. The molecular formula is C15H14N6. The summed E-state index contributed by atoms with van der Waals surface area (Å²) in [4.78, 5) is 8.72. The van der Waals surface area contributed by atoms with E-state index in [4.69, 9.17) is 11.1 Å². The van der Waals surface area contributed by atoms with Crippen LogP contribution in [0.3, 0.4) is 0 Å². The second-order valence-electron chi connectivity index (χ2n) is 4.59. The van der Waals surface area contributed by atoms with E-state index in [1.165, 1.54) is 0 Å². The molecule has 6 nitrogen and oxygen atoms in total. The summed E-state index contributed by atoms with van der Waals surface area (Å²) in [6.45, 7) is 0.560. The van der Waals surface area contributed by atoms with Crippen molar-refractivity contribution < 1.29 is 0 Å². The van der Waals surface area contributed by atoms with Gasteiger partial charge in [-0.25, -0.2) is 15.8 Å². The summed E-state index contributed by atoms with van der Waals surface area (Å²) >= 11 is 0. The third-order valence-electron chi connectivity index (χ3n) is 3.33. The summed E-state index contributed by atoms with van der Waals surface area (Å²) in [6.07, 6.45) is 1.95. The van der Waals surface area contributed by atoms with E-state index >= 15 is 0 Å². The van der Waals surface area contributed by atoms with Gasteiger partial charge in [0.1, 0.15) is 11.6 Å². The monoisotopic (exact) mass is 278 g/mol. The standard InChI is InChI=1S/C15H14N6/c16-8-7-14-19-12-5-1-2-6-13(12)21(14)10-11-4-3-9-18-15(11)20-17/h1-6,9H,7,10,17H2,(H,18,20). The lowest BCUT2D eigenvalue weighted by Gasteiger charge is -2.11. The molecule has 0 aliphatic carbocycles. The highest BCUT2D eigenvalue weighted by molar-refractivity contribution is 5.76. The van der Waals surface area contributed by atoms with Crippen LogP contribution in [0.1, 0.15) is 11.4 Å². The van der Waals surface area contributed by atoms with Gasteiger partial charge in [0.15, 0.2) is 0 Å². The van der Waals surface area contributed by atoms with Crippen molar-refractivity contribution in [1.82, 2.24) is 14.5 Å². The Morgan fingerprint density at radius 1 is 1.24 bits per heavy atom. The lowest BCUT2D eigenvalue weighted by atomic mass is 10.2. The molecule has 0 spiro atoms. The Labute approximate surface area is 121 Å². The predicted octanol–water partition coefficient (Wildman–Crippen LogP) is 1.83. The quantitative estimate of drug-likeness (QED) is 0.561. The molecule has 0 bridgehead atoms. The second-order valence-corrected chi connectivity index (χ2v) is 4.59. The zero-order chi connectivity index (χ0) is 14.7. The number of hydrazine groups is 1. The SMILES string of the molecule is N#CCc1nc2ccccc2n1Cc1cccnc1NN. The van der Waals surface area contributed by atoms with Crippen LogP contribution in [0.15, 0.2) is 42.6 Å². The smallest absolute Gasteiger partial charge is 0.144 e. The minimum absolute atomic E-state index is 0.264. The molecule has 0 aliphatic heterocycles. The molecule has 3 aromatic rings. The molecule has 0 radical (unpaired) electrons. The highest BCUT2D eigenvalue weighted by Gasteiger charge is 2.12. The predicted molar refractivity (Wildman–Crippen MR) is 80.2 cm³/mol. The summed E-state index contributed by atoms with van der Waals surface area (Å²) < 4.78 is 2.02. The molecule has 104 valence electrons. The summed E-state index contributed by atoms with van der Waals surface area (Å²) in [5.41, 5.74) is 5.42. The number of hydrogen-bond donors (Lipinski definition) is 2. The second kappa shape index (κ2) is 5.61. The average Bonchev–Trinajstić information content (AvgIpc) is 2.86. The first-order valence-corrected chi connectivity index (χ1v) is 6.55. The van der Waals surface area contributed by atoms with Crippen LogP contribution >= 0.6 is 0 Å². The Hall–Kier alpha value is -2.91. The number of nitriles is 1. The molecule has 0 atom stereocenters. The summed E-state index contributed by atoms with van der Waals surface area (Å²) in [6, 6.07) is 13.8. The molecule has 3 N–H and O–H groups in total. The van der Waals surface area contributed by atoms with Crippen molar-refractivity contribution in [3.05, 3.63) is 54.0 Å². The molecule has 2 heterocycles. The molecule has 2 aromatic heterocycles. The molecule has 0 amide bonds. The van der Waals surface area contributed by atoms with Gasteiger partial charge >= 0.3 is 0 Å². The van der Waals surface area contributed by atoms with Gasteiger partial charge < -0.3 is 9.99 Å². The van der Waals surface area contributed by atoms with Crippen molar-refractivity contribution in [2.24, 2.45) is 5.84 Å². The summed E-state index contributed by atoms with van der Waals surface area (Å²) in [5, 5.41) is 8.99. The molecular weight excluding hydrogens is 264 g/mol. The first-order valence-electron chi connectivity index (χ1n) is 6.55. The van der Waals surface area contributed by atoms with Crippen LogP contribution in [-0.2, 0) is 13.0 Å². The maximum Gasteiger partial charge on any atom is 0.144 e. The van der Waals surface area contributed by atoms with Gasteiger partial charge in [-0.3, -0.25) is 0 Å². The van der Waals surface area contributed by atoms with Crippen molar-refractivity contribution in [3.63, 3.8) is 0 Å². The fourth-order valence-electron chi connectivity index (χ4n) is 2.37. The third-order valence-corrected chi connectivity index (χ3v) is 3.33. The highest BCUT2D eigenvalue weighted by Crippen LogP contribution is 2.20. The molecule has 21 heavy (non-hydrogen) atoms. The van der Waals surface area contributed by atoms with E-state index in [9.17, 15) is 0 Å². The molecule has 0 saturated carbocycles. The first-order chi connectivity index (χ1) is 10.3. The van der Waals surface area contributed by atoms with Crippen molar-refractivity contribution >= 4 is 16.9 Å². The third kappa shape index (κ3) is 2.42. The molecule has 0 fully saturated rings. The van der Waals surface area contributed by atoms with E-state index in [1.54, 1.807) is 6.20 Å². The number of nitrogen functional groups attached to an aromatic ring is 1. The largest absolute Gasteiger partial charge is 0.322 e. The van der Waals surface area contributed by atoms with Gasteiger partial charge in [-0.1, -0.05) is 18.2 Å². The summed E-state index contributed by atoms with van der Waals surface area (Å²) in [7, 11) is 0. The lowest BCUT2D eigenvalue weighted by molar-refractivity contribution is 0.767. The maximum absolute atomic E-state index is 8.99. The lowest BCUT2D eigenvalue weighted by Crippen LogP contribution is -2.13. The van der Waals surface area contributed by atoms with Gasteiger partial charge in [-0.2, -0.15) is 5.26 Å². The van der Waals surface area contributed by atoms with Crippen LogP contribution in [0.2, 0.25) is 0 Å². The Morgan fingerprint density at radius 3 is 2.90 bits per heavy atom. The molecule has 0 aliphatic rings. The van der Waals surface area contributed by atoms with Crippen molar-refractivity contribution in [1.29, 1.82) is 5.26 Å². The fourth-order valence-corrected chi connectivity index (χ4v) is 2.37. The number of imidazole rings is 1. The molecule has 0 unspecified atom stereocenters. The average molecular weight is 278 g/mol. The van der Waals surface area contributed by atoms with Crippen LogP contribution in [0.4, 0.5) is 5.82 Å². The van der Waals surface area contributed by atoms with Gasteiger partial charge in [0.05, 0.1) is 30.1 Å². The maximum atomic E-state index is 8.99. The van der Waals surface area contributed by atoms with E-state index in [1.807, 2.05) is 41.0 Å². The van der Waals surface area contributed by atoms with Gasteiger partial charge in [0.2, 0.25) is 0 Å². The number of nitrogens with zero attached hydrogens (tertiary/aromatic N) is 4. The van der Waals surface area contributed by atoms with Gasteiger partial charge in [-0.05, 0) is 18.2 Å². The molecule has 6 heteroatoms. The van der Waals surface area contributed by atoms with Crippen LogP contribution < -0.4 is 11.3 Å². The number of nitrogens with two attached hydrogens (primary N) is 1. The number of para-hydroxylation sites is 2. The zero-order valence-corrected chi connectivity index (χ0v) is 11.3. The van der Waals surface area contributed by atoms with Crippen LogP contribution in [0.25, 0.3) is 11.0 Å². The van der Waals surface area contributed by atoms with Crippen LogP contribution in [0.5, 0.6) is 0 Å². The number of fused-ring (bicyclic) bond motifs is 1. The number of pyridine rings is 1. The Balaban J connectivity index is 2.11. The normalized spacial score (nSPS) is 10.5. The molecule has 0 saturated heterocycles. The van der Waals surface area contributed by atoms with E-state index in [0.29, 0.717) is 12.4 Å². The van der Waals surface area contributed by atoms with E-state index in [2.05, 4.69) is 21.5 Å². The van der Waals surface area contributed by atoms with Gasteiger partial charge in [0, 0.05) is 11.8 Å². The number of anilines is 1. The van der Waals surface area contributed by atoms with E-state index in [0.717, 1.165) is 22.4 Å². The summed E-state index contributed by atoms with van der Waals surface area (Å²) in [5.74, 6) is 6.86. The number of rotatable bonds is 4. The molecule has 3 rings (SSSR count). The van der Waals surface area contributed by atoms with Crippen molar-refractivity contribution in [2.45, 2.75) is 13.0 Å².